The molecule has 0 saturated carbocycles. The van der Waals surface area contributed by atoms with Gasteiger partial charge < -0.3 is 19.9 Å². The predicted octanol–water partition coefficient (Wildman–Crippen LogP) is 0.916. The topological polar surface area (TPSA) is 102 Å². The molecule has 0 bridgehead atoms. The minimum atomic E-state index is -1.26. The highest BCUT2D eigenvalue weighted by Gasteiger charge is 2.24. The molecule has 0 rings (SSSR count). The van der Waals surface area contributed by atoms with Crippen LogP contribution in [-0.2, 0) is 19.1 Å². The van der Waals surface area contributed by atoms with Crippen LogP contribution in [0.15, 0.2) is 0 Å². The lowest BCUT2D eigenvalue weighted by Crippen LogP contribution is -2.43. The summed E-state index contributed by atoms with van der Waals surface area (Å²) in [7, 11) is 0. The van der Waals surface area contributed by atoms with Crippen molar-refractivity contribution in [1.82, 2.24) is 5.32 Å². The van der Waals surface area contributed by atoms with Crippen LogP contribution in [0.2, 0.25) is 0 Å². The summed E-state index contributed by atoms with van der Waals surface area (Å²) in [4.78, 5) is 33.2. The SMILES string of the molecule is C[C@H](NC(=O)OC(C)(C)C)C(=O)O[C@@H](C)C(=O)O. The van der Waals surface area contributed by atoms with Gasteiger partial charge in [-0.2, -0.15) is 0 Å². The third kappa shape index (κ3) is 6.72. The molecule has 1 amide bonds. The van der Waals surface area contributed by atoms with Crippen LogP contribution in [0.5, 0.6) is 0 Å². The van der Waals surface area contributed by atoms with Gasteiger partial charge in [0.05, 0.1) is 0 Å². The number of carbonyl (C=O) groups is 3. The predicted molar refractivity (Wildman–Crippen MR) is 62.0 cm³/mol. The summed E-state index contributed by atoms with van der Waals surface area (Å²) in [5, 5.41) is 10.8. The second kappa shape index (κ2) is 6.23. The summed E-state index contributed by atoms with van der Waals surface area (Å²) >= 11 is 0. The maximum absolute atomic E-state index is 11.4. The number of nitrogens with one attached hydrogen (secondary N) is 1. The second-order valence-electron chi connectivity index (χ2n) is 4.79. The van der Waals surface area contributed by atoms with E-state index < -0.39 is 35.8 Å². The van der Waals surface area contributed by atoms with Crippen molar-refractivity contribution in [2.75, 3.05) is 0 Å². The monoisotopic (exact) mass is 261 g/mol. The van der Waals surface area contributed by atoms with E-state index in [1.807, 2.05) is 0 Å². The molecule has 0 radical (unpaired) electrons. The van der Waals surface area contributed by atoms with Gasteiger partial charge >= 0.3 is 18.0 Å². The summed E-state index contributed by atoms with van der Waals surface area (Å²) in [6.45, 7) is 7.65. The molecule has 0 aliphatic carbocycles. The van der Waals surface area contributed by atoms with Crippen molar-refractivity contribution in [2.45, 2.75) is 52.4 Å². The van der Waals surface area contributed by atoms with Gasteiger partial charge in [-0.1, -0.05) is 0 Å². The molecule has 0 spiro atoms. The molecule has 0 heterocycles. The fraction of sp³-hybridized carbons (Fsp3) is 0.727. The van der Waals surface area contributed by atoms with Gasteiger partial charge in [0.25, 0.3) is 0 Å². The van der Waals surface area contributed by atoms with Crippen LogP contribution in [0.25, 0.3) is 0 Å². The lowest BCUT2D eigenvalue weighted by molar-refractivity contribution is -0.163. The highest BCUT2D eigenvalue weighted by Crippen LogP contribution is 2.07. The average molecular weight is 261 g/mol. The van der Waals surface area contributed by atoms with Gasteiger partial charge in [-0.15, -0.1) is 0 Å². The third-order valence-corrected chi connectivity index (χ3v) is 1.73. The Balaban J connectivity index is 4.24. The number of carboxylic acid groups (broad SMARTS) is 1. The third-order valence-electron chi connectivity index (χ3n) is 1.73. The standard InChI is InChI=1S/C11H19NO6/c1-6(9(15)17-7(2)8(13)14)12-10(16)18-11(3,4)5/h6-7H,1-5H3,(H,12,16)(H,13,14)/t6-,7-/m0/s1. The highest BCUT2D eigenvalue weighted by molar-refractivity contribution is 5.83. The van der Waals surface area contributed by atoms with E-state index in [0.717, 1.165) is 0 Å². The zero-order chi connectivity index (χ0) is 14.5. The quantitative estimate of drug-likeness (QED) is 0.729. The van der Waals surface area contributed by atoms with Gasteiger partial charge in [0.2, 0.25) is 0 Å². The van der Waals surface area contributed by atoms with Gasteiger partial charge in [0, 0.05) is 0 Å². The van der Waals surface area contributed by atoms with E-state index in [0.29, 0.717) is 0 Å². The van der Waals surface area contributed by atoms with Gasteiger partial charge in [-0.3, -0.25) is 0 Å². The van der Waals surface area contributed by atoms with E-state index in [-0.39, 0.29) is 0 Å². The molecule has 0 fully saturated rings. The molecule has 7 nitrogen and oxygen atoms in total. The number of carboxylic acids is 1. The van der Waals surface area contributed by atoms with Gasteiger partial charge in [0.15, 0.2) is 6.10 Å². The van der Waals surface area contributed by atoms with E-state index >= 15 is 0 Å². The molecule has 0 saturated heterocycles. The van der Waals surface area contributed by atoms with Crippen molar-refractivity contribution < 1.29 is 29.0 Å². The second-order valence-corrected chi connectivity index (χ2v) is 4.79. The van der Waals surface area contributed by atoms with E-state index in [2.05, 4.69) is 10.1 Å². The Kier molecular flexibility index (Phi) is 5.61. The normalized spacial score (nSPS) is 14.3. The molecule has 18 heavy (non-hydrogen) atoms. The number of aliphatic carboxylic acids is 1. The number of rotatable bonds is 4. The number of alkyl carbamates (subject to hydrolysis) is 1. The van der Waals surface area contributed by atoms with E-state index in [4.69, 9.17) is 9.84 Å². The summed E-state index contributed by atoms with van der Waals surface area (Å²) in [5.41, 5.74) is -0.679. The van der Waals surface area contributed by atoms with Crippen LogP contribution in [0.1, 0.15) is 34.6 Å². The van der Waals surface area contributed by atoms with Crippen molar-refractivity contribution >= 4 is 18.0 Å². The molecular formula is C11H19NO6. The summed E-state index contributed by atoms with van der Waals surface area (Å²) in [6, 6.07) is -0.985. The zero-order valence-corrected chi connectivity index (χ0v) is 11.1. The summed E-state index contributed by atoms with van der Waals surface area (Å²) in [5.74, 6) is -2.09. The Morgan fingerprint density at radius 1 is 1.17 bits per heavy atom. The van der Waals surface area contributed by atoms with Crippen molar-refractivity contribution in [3.63, 3.8) is 0 Å². The van der Waals surface area contributed by atoms with Crippen LogP contribution >= 0.6 is 0 Å². The minimum Gasteiger partial charge on any atom is -0.479 e. The van der Waals surface area contributed by atoms with Crippen LogP contribution in [0, 0.1) is 0 Å². The summed E-state index contributed by atoms with van der Waals surface area (Å²) in [6.07, 6.45) is -2.03. The molecule has 7 heteroatoms. The molecule has 0 aromatic heterocycles. The number of ether oxygens (including phenoxy) is 2. The maximum atomic E-state index is 11.4. The first-order valence-corrected chi connectivity index (χ1v) is 5.45. The molecule has 2 N–H and O–H groups in total. The molecule has 0 unspecified atom stereocenters. The van der Waals surface area contributed by atoms with Gasteiger partial charge in [-0.05, 0) is 34.6 Å². The summed E-state index contributed by atoms with van der Waals surface area (Å²) < 4.78 is 9.53. The highest BCUT2D eigenvalue weighted by atomic mass is 16.6. The van der Waals surface area contributed by atoms with E-state index in [1.165, 1.54) is 13.8 Å². The van der Waals surface area contributed by atoms with Gasteiger partial charge in [-0.25, -0.2) is 14.4 Å². The molecule has 0 aliphatic heterocycles. The number of carbonyl (C=O) groups excluding carboxylic acids is 2. The minimum absolute atomic E-state index is 0.679. The van der Waals surface area contributed by atoms with E-state index in [1.54, 1.807) is 20.8 Å². The lowest BCUT2D eigenvalue weighted by atomic mass is 10.2. The first kappa shape index (κ1) is 16.2. The Bertz CT molecular complexity index is 333. The fourth-order valence-corrected chi connectivity index (χ4v) is 0.870. The van der Waals surface area contributed by atoms with Crippen molar-refractivity contribution in [3.05, 3.63) is 0 Å². The molecule has 2 atom stereocenters. The number of hydrogen-bond acceptors (Lipinski definition) is 5. The number of hydrogen-bond donors (Lipinski definition) is 2. The van der Waals surface area contributed by atoms with Crippen LogP contribution < -0.4 is 5.32 Å². The Morgan fingerprint density at radius 2 is 1.67 bits per heavy atom. The first-order chi connectivity index (χ1) is 8.03. The lowest BCUT2D eigenvalue weighted by Gasteiger charge is -2.21. The first-order valence-electron chi connectivity index (χ1n) is 5.45. The van der Waals surface area contributed by atoms with Crippen LogP contribution in [-0.4, -0.2) is 40.9 Å². The van der Waals surface area contributed by atoms with Crippen molar-refractivity contribution in [2.24, 2.45) is 0 Å². The average Bonchev–Trinajstić information content (AvgIpc) is 2.13. The van der Waals surface area contributed by atoms with Gasteiger partial charge in [0.1, 0.15) is 11.6 Å². The fourth-order valence-electron chi connectivity index (χ4n) is 0.870. The Labute approximate surface area is 105 Å². The molecule has 0 aromatic rings. The Hall–Kier alpha value is -1.79. The zero-order valence-electron chi connectivity index (χ0n) is 11.1. The molecule has 0 aromatic carbocycles. The smallest absolute Gasteiger partial charge is 0.408 e. The molecule has 104 valence electrons. The molecular weight excluding hydrogens is 242 g/mol. The maximum Gasteiger partial charge on any atom is 0.408 e. The number of amides is 1. The van der Waals surface area contributed by atoms with Crippen LogP contribution in [0.4, 0.5) is 4.79 Å². The van der Waals surface area contributed by atoms with E-state index in [9.17, 15) is 14.4 Å². The van der Waals surface area contributed by atoms with Crippen LogP contribution in [0.3, 0.4) is 0 Å². The Morgan fingerprint density at radius 3 is 2.06 bits per heavy atom. The van der Waals surface area contributed by atoms with Crippen molar-refractivity contribution in [3.8, 4) is 0 Å². The van der Waals surface area contributed by atoms with Crippen molar-refractivity contribution in [1.29, 1.82) is 0 Å². The number of esters is 1. The molecule has 0 aliphatic rings. The largest absolute Gasteiger partial charge is 0.479 e.